The number of fused-ring (bicyclic) bond motifs is 3. The second-order valence-corrected chi connectivity index (χ2v) is 7.04. The Morgan fingerprint density at radius 1 is 1.22 bits per heavy atom. The van der Waals surface area contributed by atoms with Crippen LogP contribution in [0.4, 0.5) is 0 Å². The van der Waals surface area contributed by atoms with Gasteiger partial charge in [0.2, 0.25) is 17.6 Å². The molecule has 2 N–H and O–H groups in total. The molecule has 0 aliphatic heterocycles. The maximum absolute atomic E-state index is 12.5. The highest BCUT2D eigenvalue weighted by atomic mass is 32.1. The third kappa shape index (κ3) is 4.00. The molecule has 0 fully saturated rings. The summed E-state index contributed by atoms with van der Waals surface area (Å²) < 4.78 is 4.20. The lowest BCUT2D eigenvalue weighted by Crippen LogP contribution is -2.33. The summed E-state index contributed by atoms with van der Waals surface area (Å²) in [7, 11) is 0. The first-order valence-corrected chi connectivity index (χ1v) is 9.76. The second-order valence-electron chi connectivity index (χ2n) is 6.12. The molecule has 9 nitrogen and oxygen atoms in total. The van der Waals surface area contributed by atoms with Gasteiger partial charge in [0.1, 0.15) is 10.5 Å². The van der Waals surface area contributed by atoms with Gasteiger partial charge in [0, 0.05) is 39.4 Å². The van der Waals surface area contributed by atoms with E-state index >= 15 is 0 Å². The van der Waals surface area contributed by atoms with E-state index in [4.69, 9.17) is 0 Å². The van der Waals surface area contributed by atoms with Crippen LogP contribution in [0, 0.1) is 0 Å². The molecule has 0 atom stereocenters. The maximum Gasteiger partial charge on any atom is 0.272 e. The molecule has 3 aromatic heterocycles. The van der Waals surface area contributed by atoms with E-state index in [0.29, 0.717) is 49.4 Å². The second kappa shape index (κ2) is 8.30. The summed E-state index contributed by atoms with van der Waals surface area (Å²) in [6, 6.07) is 1.90. The molecular weight excluding hydrogens is 368 g/mol. The molecule has 0 aliphatic rings. The van der Waals surface area contributed by atoms with Gasteiger partial charge in [0.15, 0.2) is 0 Å². The quantitative estimate of drug-likeness (QED) is 0.550. The Hall–Kier alpha value is -2.75. The molecule has 0 unspecified atom stereocenters. The lowest BCUT2D eigenvalue weighted by atomic mass is 10.2. The Kier molecular flexibility index (Phi) is 5.84. The Labute approximate surface area is 159 Å². The molecular formula is C17H22N6O3S. The summed E-state index contributed by atoms with van der Waals surface area (Å²) in [5.74, 6) is 1.08. The van der Waals surface area contributed by atoms with Gasteiger partial charge in [0.05, 0.1) is 5.52 Å². The third-order valence-corrected chi connectivity index (χ3v) is 5.11. The number of hydrogen-bond donors (Lipinski definition) is 2. The first kappa shape index (κ1) is 19.0. The number of thiophene rings is 1. The van der Waals surface area contributed by atoms with Crippen LogP contribution in [-0.2, 0) is 22.6 Å². The number of rotatable bonds is 8. The highest BCUT2D eigenvalue weighted by Gasteiger charge is 2.16. The summed E-state index contributed by atoms with van der Waals surface area (Å²) in [4.78, 5) is 35.2. The molecule has 144 valence electrons. The Morgan fingerprint density at radius 3 is 2.74 bits per heavy atom. The molecule has 3 heterocycles. The number of aromatic nitrogens is 4. The van der Waals surface area contributed by atoms with Crippen molar-refractivity contribution in [3.63, 3.8) is 0 Å². The summed E-state index contributed by atoms with van der Waals surface area (Å²) in [5, 5.41) is 15.7. The Bertz CT molecular complexity index is 1030. The maximum atomic E-state index is 12.5. The molecule has 0 aliphatic carbocycles. The van der Waals surface area contributed by atoms with Crippen LogP contribution in [0.15, 0.2) is 16.2 Å². The van der Waals surface area contributed by atoms with Crippen molar-refractivity contribution in [2.75, 3.05) is 13.1 Å². The van der Waals surface area contributed by atoms with Crippen molar-refractivity contribution >= 4 is 39.1 Å². The molecule has 0 bridgehead atoms. The smallest absolute Gasteiger partial charge is 0.272 e. The number of hydrogen-bond acceptors (Lipinski definition) is 6. The fourth-order valence-electron chi connectivity index (χ4n) is 2.96. The standard InChI is InChI=1S/C17H22N6O3S/c1-3-22-16(26)15-12(7-10-27-15)23-13(20-21-17(22)23)5-4-6-14(25)19-9-8-18-11(2)24/h7,10H,3-6,8-9H2,1-2H3,(H,18,24)(H,19,25). The van der Waals surface area contributed by atoms with Crippen molar-refractivity contribution in [2.45, 2.75) is 39.7 Å². The summed E-state index contributed by atoms with van der Waals surface area (Å²) in [6.07, 6.45) is 1.55. The zero-order chi connectivity index (χ0) is 19.4. The van der Waals surface area contributed by atoms with E-state index < -0.39 is 0 Å². The fourth-order valence-corrected chi connectivity index (χ4v) is 3.79. The van der Waals surface area contributed by atoms with Crippen molar-refractivity contribution in [3.8, 4) is 0 Å². The van der Waals surface area contributed by atoms with Crippen LogP contribution >= 0.6 is 11.3 Å². The van der Waals surface area contributed by atoms with Crippen molar-refractivity contribution in [1.82, 2.24) is 29.8 Å². The molecule has 10 heteroatoms. The molecule has 3 rings (SSSR count). The predicted octanol–water partition coefficient (Wildman–Crippen LogP) is 0.701. The van der Waals surface area contributed by atoms with E-state index in [-0.39, 0.29) is 17.4 Å². The zero-order valence-electron chi connectivity index (χ0n) is 15.3. The van der Waals surface area contributed by atoms with Crippen LogP contribution in [0.1, 0.15) is 32.5 Å². The van der Waals surface area contributed by atoms with Crippen molar-refractivity contribution in [1.29, 1.82) is 0 Å². The molecule has 0 radical (unpaired) electrons. The fraction of sp³-hybridized carbons (Fsp3) is 0.471. The Balaban J connectivity index is 1.68. The molecule has 27 heavy (non-hydrogen) atoms. The van der Waals surface area contributed by atoms with Crippen LogP contribution in [0.5, 0.6) is 0 Å². The van der Waals surface area contributed by atoms with Gasteiger partial charge in [-0.3, -0.25) is 23.4 Å². The van der Waals surface area contributed by atoms with Crippen LogP contribution in [0.3, 0.4) is 0 Å². The van der Waals surface area contributed by atoms with Gasteiger partial charge in [-0.15, -0.1) is 21.5 Å². The third-order valence-electron chi connectivity index (χ3n) is 4.22. The molecule has 0 aromatic carbocycles. The zero-order valence-corrected chi connectivity index (χ0v) is 16.1. The molecule has 0 spiro atoms. The van der Waals surface area contributed by atoms with Crippen molar-refractivity contribution in [3.05, 3.63) is 27.6 Å². The van der Waals surface area contributed by atoms with Crippen LogP contribution < -0.4 is 16.2 Å². The topological polar surface area (TPSA) is 110 Å². The average molecular weight is 390 g/mol. The number of carbonyl (C=O) groups excluding carboxylic acids is 2. The minimum absolute atomic E-state index is 0.0486. The van der Waals surface area contributed by atoms with Crippen LogP contribution in [-0.4, -0.2) is 44.1 Å². The molecule has 3 aromatic rings. The van der Waals surface area contributed by atoms with E-state index in [0.717, 1.165) is 11.3 Å². The lowest BCUT2D eigenvalue weighted by Gasteiger charge is -2.07. The minimum Gasteiger partial charge on any atom is -0.355 e. The number of aryl methyl sites for hydroxylation is 2. The highest BCUT2D eigenvalue weighted by Crippen LogP contribution is 2.20. The first-order chi connectivity index (χ1) is 13.0. The normalized spacial score (nSPS) is 11.2. The van der Waals surface area contributed by atoms with Gasteiger partial charge < -0.3 is 10.6 Å². The monoisotopic (exact) mass is 390 g/mol. The van der Waals surface area contributed by atoms with Gasteiger partial charge >= 0.3 is 0 Å². The highest BCUT2D eigenvalue weighted by molar-refractivity contribution is 7.17. The first-order valence-electron chi connectivity index (χ1n) is 8.88. The average Bonchev–Trinajstić information content (AvgIpc) is 3.26. The van der Waals surface area contributed by atoms with Crippen LogP contribution in [0.25, 0.3) is 16.0 Å². The van der Waals surface area contributed by atoms with E-state index in [1.807, 2.05) is 22.8 Å². The summed E-state index contributed by atoms with van der Waals surface area (Å²) in [6.45, 7) is 4.68. The number of nitrogens with zero attached hydrogens (tertiary/aromatic N) is 4. The van der Waals surface area contributed by atoms with Crippen molar-refractivity contribution in [2.24, 2.45) is 0 Å². The van der Waals surface area contributed by atoms with Gasteiger partial charge in [-0.05, 0) is 24.8 Å². The van der Waals surface area contributed by atoms with Crippen molar-refractivity contribution < 1.29 is 9.59 Å². The molecule has 0 saturated carbocycles. The lowest BCUT2D eigenvalue weighted by molar-refractivity contribution is -0.122. The van der Waals surface area contributed by atoms with E-state index in [2.05, 4.69) is 20.8 Å². The SMILES string of the molecule is CCn1c(=O)c2sccc2n2c(CCCC(=O)NCCNC(C)=O)nnc12. The van der Waals surface area contributed by atoms with Gasteiger partial charge in [-0.2, -0.15) is 0 Å². The summed E-state index contributed by atoms with van der Waals surface area (Å²) >= 11 is 1.41. The van der Waals surface area contributed by atoms with Crippen LogP contribution in [0.2, 0.25) is 0 Å². The van der Waals surface area contributed by atoms with E-state index in [9.17, 15) is 14.4 Å². The van der Waals surface area contributed by atoms with Gasteiger partial charge in [0.25, 0.3) is 5.56 Å². The minimum atomic E-state index is -0.117. The number of carbonyl (C=O) groups is 2. The summed E-state index contributed by atoms with van der Waals surface area (Å²) in [5.41, 5.74) is 0.761. The van der Waals surface area contributed by atoms with Gasteiger partial charge in [-0.1, -0.05) is 0 Å². The molecule has 0 saturated heterocycles. The predicted molar refractivity (Wildman–Crippen MR) is 103 cm³/mol. The Morgan fingerprint density at radius 2 is 2.00 bits per heavy atom. The van der Waals surface area contributed by atoms with Gasteiger partial charge in [-0.25, -0.2) is 0 Å². The van der Waals surface area contributed by atoms with E-state index in [1.54, 1.807) is 4.57 Å². The van der Waals surface area contributed by atoms with E-state index in [1.165, 1.54) is 18.3 Å². The molecule has 2 amide bonds. The number of amides is 2. The number of nitrogens with one attached hydrogen (secondary N) is 2. The largest absolute Gasteiger partial charge is 0.355 e.